The summed E-state index contributed by atoms with van der Waals surface area (Å²) in [5.41, 5.74) is 1.24. The van der Waals surface area contributed by atoms with Gasteiger partial charge in [0.2, 0.25) is 0 Å². The van der Waals surface area contributed by atoms with E-state index in [0.717, 1.165) is 11.0 Å². The largest absolute Gasteiger partial charge is 0.306 e. The molecule has 0 saturated carbocycles. The first-order valence-corrected chi connectivity index (χ1v) is 4.96. The first kappa shape index (κ1) is 10.4. The maximum Gasteiger partial charge on any atom is 0.0296 e. The molecule has 0 amide bonds. The third-order valence-electron chi connectivity index (χ3n) is 1.81. The number of pyridine rings is 1. The van der Waals surface area contributed by atoms with Crippen LogP contribution in [-0.4, -0.2) is 11.5 Å². The summed E-state index contributed by atoms with van der Waals surface area (Å²) in [6, 6.07) is 4.35. The van der Waals surface area contributed by atoms with Crippen molar-refractivity contribution >= 4 is 15.9 Å². The number of nitrogens with one attached hydrogen (secondary N) is 1. The third-order valence-corrected chi connectivity index (χ3v) is 2.09. The Morgan fingerprint density at radius 2 is 2.23 bits per heavy atom. The molecule has 13 heavy (non-hydrogen) atoms. The van der Waals surface area contributed by atoms with Gasteiger partial charge in [-0.15, -0.1) is 0 Å². The highest BCUT2D eigenvalue weighted by molar-refractivity contribution is 9.11. The minimum atomic E-state index is 0.331. The van der Waals surface area contributed by atoms with Gasteiger partial charge in [-0.3, -0.25) is 4.98 Å². The van der Waals surface area contributed by atoms with Crippen molar-refractivity contribution in [1.29, 1.82) is 0 Å². The van der Waals surface area contributed by atoms with Crippen molar-refractivity contribution in [3.63, 3.8) is 0 Å². The van der Waals surface area contributed by atoms with E-state index in [0.29, 0.717) is 6.04 Å². The second-order valence-corrected chi connectivity index (χ2v) is 4.02. The van der Waals surface area contributed by atoms with Crippen LogP contribution >= 0.6 is 15.9 Å². The number of hydrogen-bond acceptors (Lipinski definition) is 2. The van der Waals surface area contributed by atoms with E-state index in [4.69, 9.17) is 0 Å². The van der Waals surface area contributed by atoms with E-state index >= 15 is 0 Å². The van der Waals surface area contributed by atoms with Gasteiger partial charge < -0.3 is 5.32 Å². The number of hydrogen-bond donors (Lipinski definition) is 1. The van der Waals surface area contributed by atoms with Gasteiger partial charge in [-0.05, 0) is 24.6 Å². The monoisotopic (exact) mass is 240 g/mol. The van der Waals surface area contributed by atoms with Gasteiger partial charge in [-0.1, -0.05) is 22.5 Å². The fraction of sp³-hybridized carbons (Fsp3) is 0.300. The summed E-state index contributed by atoms with van der Waals surface area (Å²) >= 11 is 3.31. The van der Waals surface area contributed by atoms with E-state index in [2.05, 4.69) is 39.7 Å². The van der Waals surface area contributed by atoms with Crippen LogP contribution in [0.2, 0.25) is 0 Å². The minimum Gasteiger partial charge on any atom is -0.306 e. The van der Waals surface area contributed by atoms with Crippen molar-refractivity contribution in [2.75, 3.05) is 6.54 Å². The van der Waals surface area contributed by atoms with Crippen LogP contribution in [0.4, 0.5) is 0 Å². The minimum absolute atomic E-state index is 0.331. The highest BCUT2D eigenvalue weighted by atomic mass is 79.9. The Hall–Kier alpha value is -0.670. The summed E-state index contributed by atoms with van der Waals surface area (Å²) in [5.74, 6) is 0. The van der Waals surface area contributed by atoms with Gasteiger partial charge in [-0.25, -0.2) is 0 Å². The van der Waals surface area contributed by atoms with Crippen LogP contribution in [0.15, 0.2) is 35.6 Å². The second-order valence-electron chi connectivity index (χ2n) is 2.90. The average Bonchev–Trinajstić information content (AvgIpc) is 2.15. The summed E-state index contributed by atoms with van der Waals surface area (Å²) < 4.78 is 0.966. The Morgan fingerprint density at radius 1 is 1.62 bits per heavy atom. The van der Waals surface area contributed by atoms with Gasteiger partial charge in [-0.2, -0.15) is 0 Å². The molecule has 1 N–H and O–H groups in total. The molecule has 0 bridgehead atoms. The van der Waals surface area contributed by atoms with E-state index < -0.39 is 0 Å². The molecule has 1 atom stereocenters. The number of nitrogens with zero attached hydrogens (tertiary/aromatic N) is 1. The molecule has 1 aromatic rings. The van der Waals surface area contributed by atoms with Crippen LogP contribution in [0.3, 0.4) is 0 Å². The maximum atomic E-state index is 3.97. The number of rotatable bonds is 4. The van der Waals surface area contributed by atoms with Crippen LogP contribution in [0.1, 0.15) is 18.5 Å². The van der Waals surface area contributed by atoms with E-state index in [1.807, 2.05) is 12.1 Å². The number of aromatic nitrogens is 1. The van der Waals surface area contributed by atoms with E-state index in [9.17, 15) is 0 Å². The van der Waals surface area contributed by atoms with E-state index in [1.165, 1.54) is 5.56 Å². The van der Waals surface area contributed by atoms with Crippen LogP contribution < -0.4 is 5.32 Å². The lowest BCUT2D eigenvalue weighted by atomic mass is 10.1. The molecule has 0 fully saturated rings. The zero-order valence-electron chi connectivity index (χ0n) is 7.63. The van der Waals surface area contributed by atoms with Gasteiger partial charge in [0.05, 0.1) is 0 Å². The number of halogens is 1. The molecule has 0 unspecified atom stereocenters. The Kier molecular flexibility index (Phi) is 4.12. The van der Waals surface area contributed by atoms with E-state index in [-0.39, 0.29) is 0 Å². The molecule has 0 saturated heterocycles. The summed E-state index contributed by atoms with van der Waals surface area (Å²) in [6.45, 7) is 6.66. The molecule has 0 aliphatic rings. The van der Waals surface area contributed by atoms with Crippen molar-refractivity contribution < 1.29 is 0 Å². The predicted octanol–water partition coefficient (Wildman–Crippen LogP) is 2.64. The second kappa shape index (κ2) is 5.14. The fourth-order valence-corrected chi connectivity index (χ4v) is 1.20. The lowest BCUT2D eigenvalue weighted by Crippen LogP contribution is -2.19. The molecule has 2 nitrogen and oxygen atoms in total. The van der Waals surface area contributed by atoms with Gasteiger partial charge in [0.15, 0.2) is 0 Å². The Bertz CT molecular complexity index is 272. The summed E-state index contributed by atoms with van der Waals surface area (Å²) in [4.78, 5) is 3.97. The molecule has 1 heterocycles. The first-order valence-electron chi connectivity index (χ1n) is 4.16. The van der Waals surface area contributed by atoms with Gasteiger partial charge in [0.1, 0.15) is 0 Å². The molecule has 0 aliphatic carbocycles. The molecule has 70 valence electrons. The quantitative estimate of drug-likeness (QED) is 0.876. The normalized spacial score (nSPS) is 12.5. The smallest absolute Gasteiger partial charge is 0.0296 e. The topological polar surface area (TPSA) is 24.9 Å². The van der Waals surface area contributed by atoms with Crippen LogP contribution in [-0.2, 0) is 0 Å². The van der Waals surface area contributed by atoms with E-state index in [1.54, 1.807) is 12.4 Å². The Balaban J connectivity index is 2.49. The van der Waals surface area contributed by atoms with Crippen molar-refractivity contribution in [3.05, 3.63) is 41.2 Å². The van der Waals surface area contributed by atoms with Crippen molar-refractivity contribution in [2.45, 2.75) is 13.0 Å². The first-order chi connectivity index (χ1) is 6.20. The Labute approximate surface area is 87.2 Å². The molecular formula is C10H13BrN2. The van der Waals surface area contributed by atoms with Crippen molar-refractivity contribution in [2.24, 2.45) is 0 Å². The van der Waals surface area contributed by atoms with Gasteiger partial charge in [0.25, 0.3) is 0 Å². The zero-order chi connectivity index (χ0) is 9.68. The molecule has 1 aromatic heterocycles. The molecule has 0 aromatic carbocycles. The van der Waals surface area contributed by atoms with Crippen LogP contribution in [0.5, 0.6) is 0 Å². The maximum absolute atomic E-state index is 3.97. The highest BCUT2D eigenvalue weighted by Gasteiger charge is 2.02. The van der Waals surface area contributed by atoms with Crippen LogP contribution in [0, 0.1) is 0 Å². The molecule has 1 rings (SSSR count). The Morgan fingerprint density at radius 3 is 2.77 bits per heavy atom. The average molecular weight is 241 g/mol. The van der Waals surface area contributed by atoms with Gasteiger partial charge >= 0.3 is 0 Å². The van der Waals surface area contributed by atoms with Crippen molar-refractivity contribution in [1.82, 2.24) is 10.3 Å². The summed E-state index contributed by atoms with van der Waals surface area (Å²) in [5, 5.41) is 3.32. The summed E-state index contributed by atoms with van der Waals surface area (Å²) in [7, 11) is 0. The molecule has 0 radical (unpaired) electrons. The van der Waals surface area contributed by atoms with Gasteiger partial charge in [0, 0.05) is 29.5 Å². The standard InChI is InChI=1S/C10H13BrN2/c1-8(11)7-13-9(2)10-3-5-12-6-4-10/h3-6,9,13H,1,7H2,2H3/t9-/m0/s1. The fourth-order valence-electron chi connectivity index (χ4n) is 1.03. The molecule has 3 heteroatoms. The predicted molar refractivity (Wildman–Crippen MR) is 58.7 cm³/mol. The highest BCUT2D eigenvalue weighted by Crippen LogP contribution is 2.10. The zero-order valence-corrected chi connectivity index (χ0v) is 9.21. The molecular weight excluding hydrogens is 228 g/mol. The van der Waals surface area contributed by atoms with Crippen molar-refractivity contribution in [3.8, 4) is 0 Å². The van der Waals surface area contributed by atoms with Crippen LogP contribution in [0.25, 0.3) is 0 Å². The molecule has 0 aliphatic heterocycles. The lowest BCUT2D eigenvalue weighted by molar-refractivity contribution is 0.615. The summed E-state index contributed by atoms with van der Waals surface area (Å²) in [6.07, 6.45) is 3.60. The lowest BCUT2D eigenvalue weighted by Gasteiger charge is -2.12. The third kappa shape index (κ3) is 3.70. The SMILES string of the molecule is C=C(Br)CN[C@@H](C)c1ccncc1. The molecule has 0 spiro atoms.